The lowest BCUT2D eigenvalue weighted by Gasteiger charge is -2.30. The number of nitrogens with zero attached hydrogens (tertiary/aromatic N) is 1. The highest BCUT2D eigenvalue weighted by atomic mass is 16.1. The van der Waals surface area contributed by atoms with Gasteiger partial charge in [0.25, 0.3) is 0 Å². The zero-order valence-corrected chi connectivity index (χ0v) is 8.96. The van der Waals surface area contributed by atoms with Gasteiger partial charge in [0.1, 0.15) is 0 Å². The molecule has 3 N–H and O–H groups in total. The number of carbonyl (C=O) groups excluding carboxylic acids is 1. The summed E-state index contributed by atoms with van der Waals surface area (Å²) in [5, 5.41) is 3.05. The van der Waals surface area contributed by atoms with Crippen LogP contribution in [0.25, 0.3) is 0 Å². The normalized spacial score (nSPS) is 23.4. The van der Waals surface area contributed by atoms with E-state index in [-0.39, 0.29) is 5.91 Å². The van der Waals surface area contributed by atoms with Crippen molar-refractivity contribution >= 4 is 5.91 Å². The van der Waals surface area contributed by atoms with Crippen molar-refractivity contribution in [3.8, 4) is 0 Å². The Morgan fingerprint density at radius 1 is 1.64 bits per heavy atom. The third-order valence-electron chi connectivity index (χ3n) is 2.60. The summed E-state index contributed by atoms with van der Waals surface area (Å²) in [6, 6.07) is 0.346. The number of hydrogen-bond acceptors (Lipinski definition) is 3. The van der Waals surface area contributed by atoms with Crippen molar-refractivity contribution in [2.75, 3.05) is 26.7 Å². The number of likely N-dealkylation sites (N-methyl/N-ethyl adjacent to an activating group) is 1. The maximum atomic E-state index is 11.4. The summed E-state index contributed by atoms with van der Waals surface area (Å²) in [7, 11) is 2.10. The molecule has 0 aromatic carbocycles. The maximum Gasteiger partial charge on any atom is 0.220 e. The van der Waals surface area contributed by atoms with Crippen LogP contribution < -0.4 is 11.1 Å². The van der Waals surface area contributed by atoms with Crippen molar-refractivity contribution in [3.05, 3.63) is 0 Å². The number of amides is 1. The fourth-order valence-electron chi connectivity index (χ4n) is 1.85. The van der Waals surface area contributed by atoms with E-state index in [2.05, 4.69) is 17.3 Å². The average molecular weight is 199 g/mol. The zero-order chi connectivity index (χ0) is 10.4. The van der Waals surface area contributed by atoms with Crippen molar-refractivity contribution in [1.82, 2.24) is 10.2 Å². The Hall–Kier alpha value is -0.610. The highest BCUT2D eigenvalue weighted by molar-refractivity contribution is 5.76. The van der Waals surface area contributed by atoms with Gasteiger partial charge in [-0.05, 0) is 39.4 Å². The van der Waals surface area contributed by atoms with Crippen LogP contribution in [-0.2, 0) is 4.79 Å². The predicted octanol–water partition coefficient (Wildman–Crippen LogP) is -0.0643. The lowest BCUT2D eigenvalue weighted by molar-refractivity contribution is -0.122. The van der Waals surface area contributed by atoms with Crippen molar-refractivity contribution < 1.29 is 4.79 Å². The quantitative estimate of drug-likeness (QED) is 0.666. The van der Waals surface area contributed by atoms with E-state index in [1.165, 1.54) is 6.42 Å². The highest BCUT2D eigenvalue weighted by Crippen LogP contribution is 2.07. The molecular formula is C10H21N3O. The molecule has 0 bridgehead atoms. The van der Waals surface area contributed by atoms with Gasteiger partial charge in [0, 0.05) is 19.0 Å². The Kier molecular flexibility index (Phi) is 4.90. The first kappa shape index (κ1) is 11.5. The van der Waals surface area contributed by atoms with Gasteiger partial charge in [-0.2, -0.15) is 0 Å². The second kappa shape index (κ2) is 5.98. The molecule has 1 heterocycles. The molecule has 0 aliphatic carbocycles. The molecule has 4 nitrogen and oxygen atoms in total. The van der Waals surface area contributed by atoms with Crippen LogP contribution in [-0.4, -0.2) is 43.5 Å². The average Bonchev–Trinajstić information content (AvgIpc) is 2.15. The first-order valence-corrected chi connectivity index (χ1v) is 5.40. The van der Waals surface area contributed by atoms with Crippen LogP contribution in [0.2, 0.25) is 0 Å². The molecule has 1 saturated heterocycles. The lowest BCUT2D eigenvalue weighted by atomic mass is 10.1. The molecule has 82 valence electrons. The summed E-state index contributed by atoms with van der Waals surface area (Å²) in [4.78, 5) is 13.7. The van der Waals surface area contributed by atoms with E-state index in [4.69, 9.17) is 5.73 Å². The SMILES string of the molecule is CN1CCCC(NC(=O)CCCN)C1. The second-order valence-corrected chi connectivity index (χ2v) is 4.06. The van der Waals surface area contributed by atoms with Crippen molar-refractivity contribution in [2.45, 2.75) is 31.7 Å². The van der Waals surface area contributed by atoms with Crippen molar-refractivity contribution in [3.63, 3.8) is 0 Å². The Morgan fingerprint density at radius 3 is 3.07 bits per heavy atom. The summed E-state index contributed by atoms with van der Waals surface area (Å²) in [5.74, 6) is 0.149. The molecule has 0 aromatic rings. The molecule has 1 rings (SSSR count). The lowest BCUT2D eigenvalue weighted by Crippen LogP contribution is -2.46. The molecule has 0 aromatic heterocycles. The molecule has 1 unspecified atom stereocenters. The molecule has 0 spiro atoms. The highest BCUT2D eigenvalue weighted by Gasteiger charge is 2.18. The Morgan fingerprint density at radius 2 is 2.43 bits per heavy atom. The van der Waals surface area contributed by atoms with Crippen LogP contribution in [0.4, 0.5) is 0 Å². The molecule has 14 heavy (non-hydrogen) atoms. The van der Waals surface area contributed by atoms with Gasteiger partial charge in [0.05, 0.1) is 0 Å². The van der Waals surface area contributed by atoms with Gasteiger partial charge < -0.3 is 16.0 Å². The molecular weight excluding hydrogens is 178 g/mol. The standard InChI is InChI=1S/C10H21N3O/c1-13-7-3-4-9(8-13)12-10(14)5-2-6-11/h9H,2-8,11H2,1H3,(H,12,14). The molecule has 0 saturated carbocycles. The maximum absolute atomic E-state index is 11.4. The molecule has 1 atom stereocenters. The number of nitrogens with one attached hydrogen (secondary N) is 1. The van der Waals surface area contributed by atoms with Gasteiger partial charge >= 0.3 is 0 Å². The Labute approximate surface area is 85.8 Å². The zero-order valence-electron chi connectivity index (χ0n) is 8.96. The summed E-state index contributed by atoms with van der Waals surface area (Å²) < 4.78 is 0. The summed E-state index contributed by atoms with van der Waals surface area (Å²) in [6.45, 7) is 2.72. The number of carbonyl (C=O) groups is 1. The minimum absolute atomic E-state index is 0.149. The van der Waals surface area contributed by atoms with Gasteiger partial charge in [-0.1, -0.05) is 0 Å². The first-order valence-electron chi connectivity index (χ1n) is 5.40. The van der Waals surface area contributed by atoms with Gasteiger partial charge in [-0.3, -0.25) is 4.79 Å². The van der Waals surface area contributed by atoms with Crippen LogP contribution in [0.5, 0.6) is 0 Å². The van der Waals surface area contributed by atoms with E-state index in [0.29, 0.717) is 19.0 Å². The number of nitrogens with two attached hydrogens (primary N) is 1. The Bertz CT molecular complexity index is 184. The largest absolute Gasteiger partial charge is 0.352 e. The van der Waals surface area contributed by atoms with E-state index in [1.807, 2.05) is 0 Å². The fraction of sp³-hybridized carbons (Fsp3) is 0.900. The number of hydrogen-bond donors (Lipinski definition) is 2. The van der Waals surface area contributed by atoms with Gasteiger partial charge in [-0.25, -0.2) is 0 Å². The monoisotopic (exact) mass is 199 g/mol. The summed E-state index contributed by atoms with van der Waals surface area (Å²) in [6.07, 6.45) is 3.64. The smallest absolute Gasteiger partial charge is 0.220 e. The van der Waals surface area contributed by atoms with Crippen LogP contribution in [0.1, 0.15) is 25.7 Å². The minimum atomic E-state index is 0.149. The molecule has 1 fully saturated rings. The van der Waals surface area contributed by atoms with Gasteiger partial charge in [0.2, 0.25) is 5.91 Å². The topological polar surface area (TPSA) is 58.4 Å². The van der Waals surface area contributed by atoms with E-state index in [9.17, 15) is 4.79 Å². The second-order valence-electron chi connectivity index (χ2n) is 4.06. The third-order valence-corrected chi connectivity index (χ3v) is 2.60. The Balaban J connectivity index is 2.18. The molecule has 4 heteroatoms. The van der Waals surface area contributed by atoms with Crippen LogP contribution in [0, 0.1) is 0 Å². The summed E-state index contributed by atoms with van der Waals surface area (Å²) >= 11 is 0. The first-order chi connectivity index (χ1) is 6.72. The number of rotatable bonds is 4. The summed E-state index contributed by atoms with van der Waals surface area (Å²) in [5.41, 5.74) is 5.34. The fourth-order valence-corrected chi connectivity index (χ4v) is 1.85. The van der Waals surface area contributed by atoms with E-state index >= 15 is 0 Å². The minimum Gasteiger partial charge on any atom is -0.352 e. The van der Waals surface area contributed by atoms with Crippen LogP contribution in [0.3, 0.4) is 0 Å². The molecule has 1 aliphatic rings. The van der Waals surface area contributed by atoms with E-state index in [1.54, 1.807) is 0 Å². The molecule has 1 aliphatic heterocycles. The third kappa shape index (κ3) is 4.07. The number of likely N-dealkylation sites (tertiary alicyclic amines) is 1. The van der Waals surface area contributed by atoms with Gasteiger partial charge in [0.15, 0.2) is 0 Å². The van der Waals surface area contributed by atoms with Crippen LogP contribution >= 0.6 is 0 Å². The number of piperidine rings is 1. The van der Waals surface area contributed by atoms with E-state index in [0.717, 1.165) is 25.9 Å². The predicted molar refractivity (Wildman–Crippen MR) is 57.0 cm³/mol. The molecule has 1 amide bonds. The van der Waals surface area contributed by atoms with Gasteiger partial charge in [-0.15, -0.1) is 0 Å². The van der Waals surface area contributed by atoms with Crippen LogP contribution in [0.15, 0.2) is 0 Å². The van der Waals surface area contributed by atoms with E-state index < -0.39 is 0 Å². The van der Waals surface area contributed by atoms with Crippen molar-refractivity contribution in [1.29, 1.82) is 0 Å². The van der Waals surface area contributed by atoms with Crippen molar-refractivity contribution in [2.24, 2.45) is 5.73 Å². The molecule has 0 radical (unpaired) electrons.